The van der Waals surface area contributed by atoms with E-state index in [1.54, 1.807) is 36.4 Å². The molecule has 0 saturated carbocycles. The molecule has 2 N–H and O–H groups in total. The van der Waals surface area contributed by atoms with Crippen molar-refractivity contribution in [2.24, 2.45) is 0 Å². The van der Waals surface area contributed by atoms with Crippen molar-refractivity contribution in [3.05, 3.63) is 47.0 Å². The first-order valence-electron chi connectivity index (χ1n) is 8.33. The van der Waals surface area contributed by atoms with E-state index in [4.69, 9.17) is 16.3 Å². The summed E-state index contributed by atoms with van der Waals surface area (Å²) in [5.41, 5.74) is 2.30. The van der Waals surface area contributed by atoms with Crippen molar-refractivity contribution in [2.45, 2.75) is 13.3 Å². The molecule has 1 heterocycles. The number of sulfonamides is 1. The van der Waals surface area contributed by atoms with E-state index in [0.29, 0.717) is 40.8 Å². The molecule has 1 saturated heterocycles. The van der Waals surface area contributed by atoms with Crippen LogP contribution in [0.1, 0.15) is 12.0 Å². The van der Waals surface area contributed by atoms with Crippen LogP contribution < -0.4 is 19.7 Å². The van der Waals surface area contributed by atoms with E-state index < -0.39 is 16.1 Å². The molecule has 0 radical (unpaired) electrons. The van der Waals surface area contributed by atoms with Gasteiger partial charge in [-0.15, -0.1) is 0 Å². The fourth-order valence-corrected chi connectivity index (χ4v) is 4.61. The number of nitrogens with one attached hydrogen (secondary N) is 2. The first-order chi connectivity index (χ1) is 12.8. The van der Waals surface area contributed by atoms with Gasteiger partial charge in [-0.3, -0.25) is 4.31 Å². The summed E-state index contributed by atoms with van der Waals surface area (Å²) in [6.45, 7) is 2.27. The summed E-state index contributed by atoms with van der Waals surface area (Å²) in [5.74, 6) is 0.613. The number of amides is 2. The average Bonchev–Trinajstić information content (AvgIpc) is 2.96. The minimum absolute atomic E-state index is 0.138. The summed E-state index contributed by atoms with van der Waals surface area (Å²) in [5, 5.41) is 5.90. The maximum absolute atomic E-state index is 12.4. The van der Waals surface area contributed by atoms with Crippen LogP contribution in [0.25, 0.3) is 0 Å². The second kappa shape index (κ2) is 7.66. The summed E-state index contributed by atoms with van der Waals surface area (Å²) < 4.78 is 30.8. The molecule has 144 valence electrons. The van der Waals surface area contributed by atoms with Crippen molar-refractivity contribution in [3.63, 3.8) is 0 Å². The predicted molar refractivity (Wildman–Crippen MR) is 108 cm³/mol. The normalized spacial score (nSPS) is 15.4. The van der Waals surface area contributed by atoms with E-state index in [2.05, 4.69) is 10.6 Å². The summed E-state index contributed by atoms with van der Waals surface area (Å²) in [4.78, 5) is 12.4. The number of methoxy groups -OCH3 is 1. The lowest BCUT2D eigenvalue weighted by Gasteiger charge is -2.19. The highest BCUT2D eigenvalue weighted by Gasteiger charge is 2.28. The van der Waals surface area contributed by atoms with Crippen LogP contribution in [0, 0.1) is 6.92 Å². The first kappa shape index (κ1) is 19.3. The van der Waals surface area contributed by atoms with E-state index in [9.17, 15) is 13.2 Å². The van der Waals surface area contributed by atoms with Crippen LogP contribution in [0.3, 0.4) is 0 Å². The average molecular weight is 410 g/mol. The smallest absolute Gasteiger partial charge is 0.323 e. The predicted octanol–water partition coefficient (Wildman–Crippen LogP) is 3.84. The lowest BCUT2D eigenvalue weighted by atomic mass is 10.2. The number of ether oxygens (including phenoxy) is 1. The summed E-state index contributed by atoms with van der Waals surface area (Å²) >= 11 is 5.97. The number of carbonyl (C=O) groups is 1. The monoisotopic (exact) mass is 409 g/mol. The number of hydrogen-bond donors (Lipinski definition) is 2. The number of halogens is 1. The molecule has 0 aromatic heterocycles. The van der Waals surface area contributed by atoms with Gasteiger partial charge in [0, 0.05) is 17.3 Å². The Bertz CT molecular complexity index is 979. The van der Waals surface area contributed by atoms with E-state index in [1.165, 1.54) is 11.4 Å². The molecule has 1 fully saturated rings. The third kappa shape index (κ3) is 4.28. The van der Waals surface area contributed by atoms with Gasteiger partial charge in [-0.1, -0.05) is 17.7 Å². The Morgan fingerprint density at radius 3 is 2.56 bits per heavy atom. The van der Waals surface area contributed by atoms with Gasteiger partial charge >= 0.3 is 6.03 Å². The maximum Gasteiger partial charge on any atom is 0.323 e. The molecule has 27 heavy (non-hydrogen) atoms. The standard InChI is InChI=1S/C18H20ClN3O4S/c1-12-4-6-14(22-8-3-9-27(22,24)25)11-15(12)20-18(23)21-16-10-13(19)5-7-17(16)26-2/h4-7,10-11H,3,8-9H2,1-2H3,(H2,20,21,23). The Labute approximate surface area is 163 Å². The molecule has 3 rings (SSSR count). The molecule has 2 aromatic carbocycles. The van der Waals surface area contributed by atoms with Crippen LogP contribution in [0.5, 0.6) is 5.75 Å². The van der Waals surface area contributed by atoms with Crippen molar-refractivity contribution in [1.82, 2.24) is 0 Å². The lowest BCUT2D eigenvalue weighted by molar-refractivity contribution is 0.262. The molecule has 1 aliphatic rings. The third-order valence-electron chi connectivity index (χ3n) is 4.27. The lowest BCUT2D eigenvalue weighted by Crippen LogP contribution is -2.25. The van der Waals surface area contributed by atoms with E-state index in [0.717, 1.165) is 5.56 Å². The van der Waals surface area contributed by atoms with Gasteiger partial charge in [0.1, 0.15) is 5.75 Å². The molecule has 1 aliphatic heterocycles. The van der Waals surface area contributed by atoms with Gasteiger partial charge in [0.25, 0.3) is 0 Å². The molecular weight excluding hydrogens is 390 g/mol. The highest BCUT2D eigenvalue weighted by atomic mass is 35.5. The number of hydrogen-bond acceptors (Lipinski definition) is 4. The number of urea groups is 1. The second-order valence-corrected chi connectivity index (χ2v) is 8.61. The van der Waals surface area contributed by atoms with Crippen molar-refractivity contribution in [3.8, 4) is 5.75 Å². The van der Waals surface area contributed by atoms with Crippen LogP contribution in [0.2, 0.25) is 5.02 Å². The van der Waals surface area contributed by atoms with Gasteiger partial charge in [0.05, 0.1) is 24.2 Å². The minimum Gasteiger partial charge on any atom is -0.495 e. The topological polar surface area (TPSA) is 87.7 Å². The molecule has 0 aliphatic carbocycles. The molecule has 2 amide bonds. The molecule has 0 unspecified atom stereocenters. The van der Waals surface area contributed by atoms with Gasteiger partial charge in [0.15, 0.2) is 0 Å². The summed E-state index contributed by atoms with van der Waals surface area (Å²) in [6.07, 6.45) is 0.591. The zero-order valence-electron chi connectivity index (χ0n) is 15.0. The first-order valence-corrected chi connectivity index (χ1v) is 10.3. The van der Waals surface area contributed by atoms with E-state index >= 15 is 0 Å². The Morgan fingerprint density at radius 2 is 1.89 bits per heavy atom. The highest BCUT2D eigenvalue weighted by molar-refractivity contribution is 7.93. The molecule has 0 spiro atoms. The van der Waals surface area contributed by atoms with Crippen LogP contribution >= 0.6 is 11.6 Å². The van der Waals surface area contributed by atoms with Crippen LogP contribution in [0.4, 0.5) is 21.9 Å². The van der Waals surface area contributed by atoms with Gasteiger partial charge in [-0.25, -0.2) is 13.2 Å². The third-order valence-corrected chi connectivity index (χ3v) is 6.37. The van der Waals surface area contributed by atoms with Crippen molar-refractivity contribution in [1.29, 1.82) is 0 Å². The molecule has 0 bridgehead atoms. The molecule has 0 atom stereocenters. The van der Waals surface area contributed by atoms with Crippen LogP contribution in [0.15, 0.2) is 36.4 Å². The summed E-state index contributed by atoms with van der Waals surface area (Å²) in [6, 6.07) is 9.59. The zero-order chi connectivity index (χ0) is 19.6. The Morgan fingerprint density at radius 1 is 1.15 bits per heavy atom. The van der Waals surface area contributed by atoms with Gasteiger partial charge in [0.2, 0.25) is 10.0 Å². The van der Waals surface area contributed by atoms with Crippen molar-refractivity contribution >= 4 is 44.7 Å². The summed E-state index contributed by atoms with van der Waals surface area (Å²) in [7, 11) is -1.79. The van der Waals surface area contributed by atoms with Gasteiger partial charge in [-0.2, -0.15) is 0 Å². The maximum atomic E-state index is 12.4. The number of anilines is 3. The van der Waals surface area contributed by atoms with E-state index in [1.807, 2.05) is 6.92 Å². The number of benzene rings is 2. The van der Waals surface area contributed by atoms with Gasteiger partial charge in [-0.05, 0) is 49.2 Å². The van der Waals surface area contributed by atoms with Crippen molar-refractivity contribution in [2.75, 3.05) is 34.3 Å². The highest BCUT2D eigenvalue weighted by Crippen LogP contribution is 2.30. The van der Waals surface area contributed by atoms with E-state index in [-0.39, 0.29) is 5.75 Å². The largest absolute Gasteiger partial charge is 0.495 e. The Hall–Kier alpha value is -2.45. The number of carbonyl (C=O) groups excluding carboxylic acids is 1. The second-order valence-electron chi connectivity index (χ2n) is 6.16. The molecule has 7 nitrogen and oxygen atoms in total. The van der Waals surface area contributed by atoms with Crippen molar-refractivity contribution < 1.29 is 17.9 Å². The van der Waals surface area contributed by atoms with Crippen LogP contribution in [-0.4, -0.2) is 33.9 Å². The quantitative estimate of drug-likeness (QED) is 0.803. The number of nitrogens with zero attached hydrogens (tertiary/aromatic N) is 1. The fraction of sp³-hybridized carbons (Fsp3) is 0.278. The Balaban J connectivity index is 1.80. The Kier molecular flexibility index (Phi) is 5.48. The number of aryl methyl sites for hydroxylation is 1. The molecule has 9 heteroatoms. The SMILES string of the molecule is COc1ccc(Cl)cc1NC(=O)Nc1cc(N2CCCS2(=O)=O)ccc1C. The van der Waals surface area contributed by atoms with Crippen LogP contribution in [-0.2, 0) is 10.0 Å². The fourth-order valence-electron chi connectivity index (χ4n) is 2.88. The van der Waals surface area contributed by atoms with Gasteiger partial charge < -0.3 is 15.4 Å². The molecular formula is C18H20ClN3O4S. The minimum atomic E-state index is -3.29. The molecule has 2 aromatic rings. The zero-order valence-corrected chi connectivity index (χ0v) is 16.5. The number of rotatable bonds is 4.